The van der Waals surface area contributed by atoms with Gasteiger partial charge in [-0.3, -0.25) is 4.68 Å². The van der Waals surface area contributed by atoms with Gasteiger partial charge in [-0.1, -0.05) is 43.2 Å². The van der Waals surface area contributed by atoms with E-state index in [0.717, 1.165) is 24.7 Å². The van der Waals surface area contributed by atoms with Crippen LogP contribution in [-0.2, 0) is 19.0 Å². The van der Waals surface area contributed by atoms with Crippen molar-refractivity contribution in [2.45, 2.75) is 58.4 Å². The third-order valence-electron chi connectivity index (χ3n) is 5.94. The van der Waals surface area contributed by atoms with Gasteiger partial charge in [0.1, 0.15) is 0 Å². The quantitative estimate of drug-likeness (QED) is 0.606. The molecule has 1 aliphatic rings. The number of hydrogen-bond acceptors (Lipinski definition) is 2. The summed E-state index contributed by atoms with van der Waals surface area (Å²) < 4.78 is 1.93. The van der Waals surface area contributed by atoms with Crippen molar-refractivity contribution in [3.05, 3.63) is 52.8 Å². The summed E-state index contributed by atoms with van der Waals surface area (Å²) in [4.78, 5) is 4.85. The van der Waals surface area contributed by atoms with Gasteiger partial charge in [0.25, 0.3) is 0 Å². The van der Waals surface area contributed by atoms with Crippen molar-refractivity contribution in [1.82, 2.24) is 20.4 Å². The Bertz CT molecular complexity index is 770. The first kappa shape index (κ1) is 19.5. The maximum Gasteiger partial charge on any atom is 0.191 e. The predicted octanol–water partition coefficient (Wildman–Crippen LogP) is 3.60. The normalized spacial score (nSPS) is 16.5. The minimum atomic E-state index is 0.220. The topological polar surface area (TPSA) is 54.2 Å². The third kappa shape index (κ3) is 4.34. The number of aliphatic imine (C=N–C) groups is 1. The second-order valence-electron chi connectivity index (χ2n) is 7.68. The maximum atomic E-state index is 4.85. The van der Waals surface area contributed by atoms with Crippen molar-refractivity contribution in [2.75, 3.05) is 13.1 Å². The Morgan fingerprint density at radius 3 is 2.44 bits per heavy atom. The zero-order chi connectivity index (χ0) is 19.3. The Morgan fingerprint density at radius 1 is 1.15 bits per heavy atom. The standard InChI is InChI=1S/C22H33N5/c1-5-23-21(24-15-20-17(2)26-27(4)18(20)3)25-16-22(13-9-10-14-22)19-11-7-6-8-12-19/h6-8,11-12H,5,9-10,13-16H2,1-4H3,(H2,23,24,25). The van der Waals surface area contributed by atoms with Gasteiger partial charge in [0.15, 0.2) is 5.96 Å². The van der Waals surface area contributed by atoms with Crippen molar-refractivity contribution in [3.63, 3.8) is 0 Å². The summed E-state index contributed by atoms with van der Waals surface area (Å²) in [6.45, 7) is 8.71. The molecule has 146 valence electrons. The molecule has 0 unspecified atom stereocenters. The lowest BCUT2D eigenvalue weighted by Gasteiger charge is -2.30. The molecule has 0 radical (unpaired) electrons. The van der Waals surface area contributed by atoms with Crippen molar-refractivity contribution in [3.8, 4) is 0 Å². The van der Waals surface area contributed by atoms with Crippen LogP contribution in [0.4, 0.5) is 0 Å². The van der Waals surface area contributed by atoms with E-state index >= 15 is 0 Å². The lowest BCUT2D eigenvalue weighted by atomic mass is 9.79. The van der Waals surface area contributed by atoms with Crippen LogP contribution >= 0.6 is 0 Å². The molecule has 1 aromatic carbocycles. The first-order valence-corrected chi connectivity index (χ1v) is 10.1. The Balaban J connectivity index is 1.73. The monoisotopic (exact) mass is 367 g/mol. The first-order chi connectivity index (χ1) is 13.1. The fourth-order valence-corrected chi connectivity index (χ4v) is 4.21. The van der Waals surface area contributed by atoms with Gasteiger partial charge >= 0.3 is 0 Å². The molecule has 1 saturated carbocycles. The highest BCUT2D eigenvalue weighted by molar-refractivity contribution is 5.80. The minimum Gasteiger partial charge on any atom is -0.357 e. The van der Waals surface area contributed by atoms with Crippen LogP contribution in [0.2, 0.25) is 0 Å². The predicted molar refractivity (Wildman–Crippen MR) is 112 cm³/mol. The molecule has 0 amide bonds. The van der Waals surface area contributed by atoms with Gasteiger partial charge < -0.3 is 10.6 Å². The van der Waals surface area contributed by atoms with E-state index in [1.165, 1.54) is 42.5 Å². The van der Waals surface area contributed by atoms with Crippen LogP contribution < -0.4 is 10.6 Å². The molecule has 5 nitrogen and oxygen atoms in total. The Labute approximate surface area is 163 Å². The Morgan fingerprint density at radius 2 is 1.85 bits per heavy atom. The van der Waals surface area contributed by atoms with Gasteiger partial charge in [-0.25, -0.2) is 4.99 Å². The Kier molecular flexibility index (Phi) is 6.19. The summed E-state index contributed by atoms with van der Waals surface area (Å²) in [5.74, 6) is 0.891. The molecule has 0 aliphatic heterocycles. The molecule has 1 aliphatic carbocycles. The van der Waals surface area contributed by atoms with Crippen LogP contribution in [0, 0.1) is 13.8 Å². The zero-order valence-electron chi connectivity index (χ0n) is 17.2. The molecule has 1 fully saturated rings. The van der Waals surface area contributed by atoms with E-state index in [1.54, 1.807) is 0 Å². The summed E-state index contributed by atoms with van der Waals surface area (Å²) >= 11 is 0. The van der Waals surface area contributed by atoms with Crippen molar-refractivity contribution < 1.29 is 0 Å². The van der Waals surface area contributed by atoms with Crippen molar-refractivity contribution in [2.24, 2.45) is 12.0 Å². The van der Waals surface area contributed by atoms with Crippen molar-refractivity contribution in [1.29, 1.82) is 0 Å². The SMILES string of the molecule is CCNC(=NCc1c(C)nn(C)c1C)NCC1(c2ccccc2)CCCC1. The van der Waals surface area contributed by atoms with Crippen LogP contribution in [0.15, 0.2) is 35.3 Å². The summed E-state index contributed by atoms with van der Waals surface area (Å²) in [6, 6.07) is 11.0. The summed E-state index contributed by atoms with van der Waals surface area (Å²) in [7, 11) is 1.99. The van der Waals surface area contributed by atoms with E-state index in [4.69, 9.17) is 4.99 Å². The van der Waals surface area contributed by atoms with Gasteiger partial charge in [-0.2, -0.15) is 5.10 Å². The maximum absolute atomic E-state index is 4.85. The molecule has 5 heteroatoms. The van der Waals surface area contributed by atoms with Gasteiger partial charge in [0, 0.05) is 36.8 Å². The average molecular weight is 368 g/mol. The van der Waals surface area contributed by atoms with Gasteiger partial charge in [-0.15, -0.1) is 0 Å². The van der Waals surface area contributed by atoms with E-state index in [-0.39, 0.29) is 5.41 Å². The lowest BCUT2D eigenvalue weighted by molar-refractivity contribution is 0.431. The second kappa shape index (κ2) is 8.59. The molecule has 2 N–H and O–H groups in total. The fourth-order valence-electron chi connectivity index (χ4n) is 4.21. The molecular formula is C22H33N5. The lowest BCUT2D eigenvalue weighted by Crippen LogP contribution is -2.44. The zero-order valence-corrected chi connectivity index (χ0v) is 17.2. The van der Waals surface area contributed by atoms with Crippen LogP contribution in [0.25, 0.3) is 0 Å². The van der Waals surface area contributed by atoms with E-state index < -0.39 is 0 Å². The number of hydrogen-bond donors (Lipinski definition) is 2. The average Bonchev–Trinajstić information content (AvgIpc) is 3.25. The number of aromatic nitrogens is 2. The molecule has 3 rings (SSSR count). The number of nitrogens with zero attached hydrogens (tertiary/aromatic N) is 3. The first-order valence-electron chi connectivity index (χ1n) is 10.1. The van der Waals surface area contributed by atoms with Gasteiger partial charge in [-0.05, 0) is 39.2 Å². The van der Waals surface area contributed by atoms with Crippen molar-refractivity contribution >= 4 is 5.96 Å². The second-order valence-corrected chi connectivity index (χ2v) is 7.68. The summed E-state index contributed by atoms with van der Waals surface area (Å²) in [5.41, 5.74) is 5.13. The third-order valence-corrected chi connectivity index (χ3v) is 5.94. The summed E-state index contributed by atoms with van der Waals surface area (Å²) in [5, 5.41) is 11.5. The van der Waals surface area contributed by atoms with E-state index in [9.17, 15) is 0 Å². The smallest absolute Gasteiger partial charge is 0.191 e. The largest absolute Gasteiger partial charge is 0.357 e. The molecule has 1 heterocycles. The number of guanidine groups is 1. The molecule has 0 bridgehead atoms. The number of nitrogens with one attached hydrogen (secondary N) is 2. The van der Waals surface area contributed by atoms with Gasteiger partial charge in [0.05, 0.1) is 12.2 Å². The molecule has 2 aromatic rings. The van der Waals surface area contributed by atoms with Crippen LogP contribution in [0.1, 0.15) is 55.1 Å². The highest BCUT2D eigenvalue weighted by Crippen LogP contribution is 2.40. The van der Waals surface area contributed by atoms with Crippen LogP contribution in [-0.4, -0.2) is 28.8 Å². The highest BCUT2D eigenvalue weighted by atomic mass is 15.3. The molecule has 0 atom stereocenters. The number of aryl methyl sites for hydroxylation is 2. The molecule has 1 aromatic heterocycles. The minimum absolute atomic E-state index is 0.220. The summed E-state index contributed by atoms with van der Waals surface area (Å²) in [6.07, 6.45) is 5.09. The van der Waals surface area contributed by atoms with E-state index in [2.05, 4.69) is 66.8 Å². The fraction of sp³-hybridized carbons (Fsp3) is 0.545. The molecule has 27 heavy (non-hydrogen) atoms. The van der Waals surface area contributed by atoms with Crippen LogP contribution in [0.5, 0.6) is 0 Å². The van der Waals surface area contributed by atoms with Gasteiger partial charge in [0.2, 0.25) is 0 Å². The Hall–Kier alpha value is -2.30. The van der Waals surface area contributed by atoms with E-state index in [0.29, 0.717) is 6.54 Å². The van der Waals surface area contributed by atoms with Crippen LogP contribution in [0.3, 0.4) is 0 Å². The molecule has 0 spiro atoms. The van der Waals surface area contributed by atoms with E-state index in [1.807, 2.05) is 11.7 Å². The number of benzene rings is 1. The molecule has 0 saturated heterocycles. The molecular weight excluding hydrogens is 334 g/mol. The highest BCUT2D eigenvalue weighted by Gasteiger charge is 2.35. The number of rotatable bonds is 6.